The molecule has 1 aromatic carbocycles. The highest BCUT2D eigenvalue weighted by atomic mass is 79.9. The van der Waals surface area contributed by atoms with Crippen LogP contribution in [-0.4, -0.2) is 12.0 Å². The van der Waals surface area contributed by atoms with Crippen LogP contribution in [0.1, 0.15) is 17.2 Å². The molecular formula is C16H14BrFN2S. The molecule has 0 aliphatic heterocycles. The number of nitrogens with one attached hydrogen (secondary N) is 1. The molecule has 1 unspecified atom stereocenters. The predicted octanol–water partition coefficient (Wildman–Crippen LogP) is 4.70. The second-order valence-electron chi connectivity index (χ2n) is 4.83. The average molecular weight is 365 g/mol. The largest absolute Gasteiger partial charge is 0.313 e. The van der Waals surface area contributed by atoms with Gasteiger partial charge in [0.05, 0.1) is 14.7 Å². The van der Waals surface area contributed by atoms with Crippen LogP contribution in [0.15, 0.2) is 46.4 Å². The van der Waals surface area contributed by atoms with Gasteiger partial charge in [-0.1, -0.05) is 12.1 Å². The van der Waals surface area contributed by atoms with Crippen molar-refractivity contribution in [2.75, 3.05) is 7.05 Å². The predicted molar refractivity (Wildman–Crippen MR) is 89.2 cm³/mol. The number of halogens is 2. The Morgan fingerprint density at radius 2 is 2.24 bits per heavy atom. The molecule has 0 saturated heterocycles. The smallest absolute Gasteiger partial charge is 0.137 e. The van der Waals surface area contributed by atoms with E-state index in [2.05, 4.69) is 32.3 Å². The Morgan fingerprint density at radius 3 is 3.05 bits per heavy atom. The minimum Gasteiger partial charge on any atom is -0.313 e. The molecule has 0 aliphatic rings. The average Bonchev–Trinajstić information content (AvgIpc) is 2.96. The van der Waals surface area contributed by atoms with Crippen LogP contribution in [0.4, 0.5) is 4.39 Å². The molecule has 108 valence electrons. The number of hydrogen-bond acceptors (Lipinski definition) is 3. The van der Waals surface area contributed by atoms with Gasteiger partial charge in [-0.25, -0.2) is 4.39 Å². The second kappa shape index (κ2) is 6.22. The molecule has 0 amide bonds. The van der Waals surface area contributed by atoms with E-state index in [1.165, 1.54) is 10.8 Å². The Bertz CT molecular complexity index is 772. The highest BCUT2D eigenvalue weighted by molar-refractivity contribution is 9.10. The quantitative estimate of drug-likeness (QED) is 0.725. The normalized spacial score (nSPS) is 12.7. The van der Waals surface area contributed by atoms with Crippen molar-refractivity contribution in [1.82, 2.24) is 10.3 Å². The summed E-state index contributed by atoms with van der Waals surface area (Å²) >= 11 is 5.01. The van der Waals surface area contributed by atoms with E-state index in [1.54, 1.807) is 17.4 Å². The van der Waals surface area contributed by atoms with Gasteiger partial charge in [-0.3, -0.25) is 4.98 Å². The molecule has 5 heteroatoms. The number of likely N-dealkylation sites (N-methyl/N-ethyl adjacent to an activating group) is 1. The molecule has 0 saturated carbocycles. The number of rotatable bonds is 4. The van der Waals surface area contributed by atoms with Crippen molar-refractivity contribution in [3.05, 3.63) is 63.3 Å². The summed E-state index contributed by atoms with van der Waals surface area (Å²) in [6, 6.07) is 9.41. The van der Waals surface area contributed by atoms with Crippen molar-refractivity contribution in [3.63, 3.8) is 0 Å². The molecule has 1 N–H and O–H groups in total. The Kier molecular flexibility index (Phi) is 4.33. The molecule has 3 aromatic rings. The molecule has 2 heterocycles. The van der Waals surface area contributed by atoms with Gasteiger partial charge in [0.1, 0.15) is 5.82 Å². The van der Waals surface area contributed by atoms with Gasteiger partial charge in [0.2, 0.25) is 0 Å². The molecule has 1 atom stereocenters. The van der Waals surface area contributed by atoms with Crippen LogP contribution < -0.4 is 5.32 Å². The third kappa shape index (κ3) is 3.00. The van der Waals surface area contributed by atoms with Gasteiger partial charge in [0.25, 0.3) is 0 Å². The van der Waals surface area contributed by atoms with Gasteiger partial charge >= 0.3 is 0 Å². The van der Waals surface area contributed by atoms with Crippen molar-refractivity contribution in [2.45, 2.75) is 12.5 Å². The van der Waals surface area contributed by atoms with Crippen molar-refractivity contribution >= 4 is 37.5 Å². The van der Waals surface area contributed by atoms with Gasteiger partial charge in [-0.05, 0) is 64.1 Å². The van der Waals surface area contributed by atoms with E-state index >= 15 is 0 Å². The van der Waals surface area contributed by atoms with E-state index in [1.807, 2.05) is 30.8 Å². The van der Waals surface area contributed by atoms with E-state index in [-0.39, 0.29) is 11.9 Å². The lowest BCUT2D eigenvalue weighted by atomic mass is 10.00. The maximum Gasteiger partial charge on any atom is 0.137 e. The van der Waals surface area contributed by atoms with Crippen molar-refractivity contribution in [2.24, 2.45) is 0 Å². The number of thiophene rings is 1. The topological polar surface area (TPSA) is 24.9 Å². The zero-order chi connectivity index (χ0) is 14.8. The molecule has 0 aliphatic carbocycles. The number of benzene rings is 1. The minimum atomic E-state index is -0.228. The fourth-order valence-corrected chi connectivity index (χ4v) is 3.58. The number of nitrogens with zero attached hydrogens (tertiary/aromatic N) is 1. The van der Waals surface area contributed by atoms with Crippen LogP contribution in [0.3, 0.4) is 0 Å². The van der Waals surface area contributed by atoms with Crippen molar-refractivity contribution < 1.29 is 4.39 Å². The Hall–Kier alpha value is -1.30. The summed E-state index contributed by atoms with van der Waals surface area (Å²) in [6.45, 7) is 0. The molecular weight excluding hydrogens is 351 g/mol. The van der Waals surface area contributed by atoms with Crippen molar-refractivity contribution in [3.8, 4) is 0 Å². The summed E-state index contributed by atoms with van der Waals surface area (Å²) in [6.07, 6.45) is 2.59. The molecule has 0 bridgehead atoms. The maximum atomic E-state index is 13.6. The molecule has 0 fully saturated rings. The first-order chi connectivity index (χ1) is 10.2. The van der Waals surface area contributed by atoms with E-state index in [4.69, 9.17) is 0 Å². The van der Waals surface area contributed by atoms with Gasteiger partial charge in [-0.2, -0.15) is 0 Å². The van der Waals surface area contributed by atoms with Crippen LogP contribution in [-0.2, 0) is 6.42 Å². The summed E-state index contributed by atoms with van der Waals surface area (Å²) < 4.78 is 15.3. The molecule has 0 spiro atoms. The number of hydrogen-bond donors (Lipinski definition) is 1. The maximum absolute atomic E-state index is 13.6. The molecule has 2 nitrogen and oxygen atoms in total. The summed E-state index contributed by atoms with van der Waals surface area (Å²) in [5.41, 5.74) is 3.08. The summed E-state index contributed by atoms with van der Waals surface area (Å²) in [7, 11) is 1.91. The van der Waals surface area contributed by atoms with Crippen LogP contribution in [0.5, 0.6) is 0 Å². The number of pyridine rings is 1. The van der Waals surface area contributed by atoms with E-state index < -0.39 is 0 Å². The summed E-state index contributed by atoms with van der Waals surface area (Å²) in [5.74, 6) is -0.228. The van der Waals surface area contributed by atoms with Crippen LogP contribution >= 0.6 is 27.3 Å². The summed E-state index contributed by atoms with van der Waals surface area (Å²) in [4.78, 5) is 4.48. The lowest BCUT2D eigenvalue weighted by molar-refractivity contribution is 0.579. The van der Waals surface area contributed by atoms with E-state index in [0.29, 0.717) is 10.9 Å². The van der Waals surface area contributed by atoms with Gasteiger partial charge in [-0.15, -0.1) is 11.3 Å². The standard InChI is InChI=1S/C16H14BrFN2S/c1-19-14(7-10-3-2-4-12(18)16(10)17)11-8-15-13(20-9-11)5-6-21-15/h2-6,8-9,14,19H,7H2,1H3. The molecule has 2 aromatic heterocycles. The fourth-order valence-electron chi connectivity index (χ4n) is 2.36. The van der Waals surface area contributed by atoms with Gasteiger partial charge in [0.15, 0.2) is 0 Å². The molecule has 3 rings (SSSR count). The zero-order valence-corrected chi connectivity index (χ0v) is 13.8. The van der Waals surface area contributed by atoms with Crippen LogP contribution in [0, 0.1) is 5.82 Å². The highest BCUT2D eigenvalue weighted by Gasteiger charge is 2.15. The second-order valence-corrected chi connectivity index (χ2v) is 6.57. The minimum absolute atomic E-state index is 0.0992. The lowest BCUT2D eigenvalue weighted by Crippen LogP contribution is -2.19. The molecule has 0 radical (unpaired) electrons. The SMILES string of the molecule is CNC(Cc1cccc(F)c1Br)c1cnc2ccsc2c1. The van der Waals surface area contributed by atoms with Gasteiger partial charge < -0.3 is 5.32 Å². The fraction of sp³-hybridized carbons (Fsp3) is 0.188. The summed E-state index contributed by atoms with van der Waals surface area (Å²) in [5, 5.41) is 5.33. The van der Waals surface area contributed by atoms with Crippen LogP contribution in [0.2, 0.25) is 0 Å². The third-order valence-corrected chi connectivity index (χ3v) is 5.27. The third-order valence-electron chi connectivity index (χ3n) is 3.53. The molecule has 21 heavy (non-hydrogen) atoms. The number of aromatic nitrogens is 1. The Labute approximate surface area is 135 Å². The first kappa shape index (κ1) is 14.6. The van der Waals surface area contributed by atoms with Crippen molar-refractivity contribution in [1.29, 1.82) is 0 Å². The van der Waals surface area contributed by atoms with Crippen LogP contribution in [0.25, 0.3) is 10.2 Å². The monoisotopic (exact) mass is 364 g/mol. The first-order valence-corrected chi connectivity index (χ1v) is 8.29. The lowest BCUT2D eigenvalue weighted by Gasteiger charge is -2.17. The Balaban J connectivity index is 1.92. The Morgan fingerprint density at radius 1 is 1.38 bits per heavy atom. The number of fused-ring (bicyclic) bond motifs is 1. The zero-order valence-electron chi connectivity index (χ0n) is 11.4. The highest BCUT2D eigenvalue weighted by Crippen LogP contribution is 2.28. The van der Waals surface area contributed by atoms with E-state index in [9.17, 15) is 4.39 Å². The van der Waals surface area contributed by atoms with Gasteiger partial charge in [0, 0.05) is 12.2 Å². The first-order valence-electron chi connectivity index (χ1n) is 6.62. The van der Waals surface area contributed by atoms with E-state index in [0.717, 1.165) is 16.6 Å².